The van der Waals surface area contributed by atoms with Crippen LogP contribution in [0.1, 0.15) is 11.1 Å². The second-order valence-corrected chi connectivity index (χ2v) is 8.10. The first-order valence-electron chi connectivity index (χ1n) is 8.06. The average molecular weight is 354 g/mol. The van der Waals surface area contributed by atoms with Crippen molar-refractivity contribution in [2.75, 3.05) is 6.26 Å². The van der Waals surface area contributed by atoms with Gasteiger partial charge < -0.3 is 0 Å². The number of halogens is 1. The summed E-state index contributed by atoms with van der Waals surface area (Å²) in [4.78, 5) is 0.330. The molecule has 0 heterocycles. The van der Waals surface area contributed by atoms with Gasteiger partial charge >= 0.3 is 0 Å². The van der Waals surface area contributed by atoms with Gasteiger partial charge in [0.1, 0.15) is 5.82 Å². The highest BCUT2D eigenvalue weighted by molar-refractivity contribution is 7.90. The third-order valence-corrected chi connectivity index (χ3v) is 5.32. The van der Waals surface area contributed by atoms with Gasteiger partial charge in [-0.15, -0.1) is 0 Å². The molecule has 0 spiro atoms. The molecule has 0 aliphatic carbocycles. The van der Waals surface area contributed by atoms with Gasteiger partial charge in [-0.2, -0.15) is 0 Å². The number of sulfone groups is 1. The molecule has 0 aliphatic heterocycles. The van der Waals surface area contributed by atoms with Gasteiger partial charge in [0.25, 0.3) is 0 Å². The van der Waals surface area contributed by atoms with Crippen LogP contribution >= 0.6 is 0 Å². The van der Waals surface area contributed by atoms with E-state index < -0.39 is 9.84 Å². The maximum absolute atomic E-state index is 13.5. The highest BCUT2D eigenvalue weighted by atomic mass is 32.2. The van der Waals surface area contributed by atoms with Crippen molar-refractivity contribution in [2.45, 2.75) is 17.7 Å². The van der Waals surface area contributed by atoms with E-state index in [9.17, 15) is 12.8 Å². The summed E-state index contributed by atoms with van der Waals surface area (Å²) in [6.45, 7) is 0. The van der Waals surface area contributed by atoms with E-state index >= 15 is 0 Å². The molecule has 0 aliphatic rings. The monoisotopic (exact) mass is 354 g/mol. The summed E-state index contributed by atoms with van der Waals surface area (Å²) >= 11 is 0. The third kappa shape index (κ3) is 4.34. The Morgan fingerprint density at radius 2 is 1.56 bits per heavy atom. The highest BCUT2D eigenvalue weighted by Gasteiger charge is 2.08. The van der Waals surface area contributed by atoms with Gasteiger partial charge in [0, 0.05) is 6.26 Å². The van der Waals surface area contributed by atoms with Crippen LogP contribution < -0.4 is 0 Å². The van der Waals surface area contributed by atoms with E-state index in [2.05, 4.69) is 0 Å². The van der Waals surface area contributed by atoms with Crippen LogP contribution in [0, 0.1) is 5.82 Å². The Bertz CT molecular complexity index is 977. The van der Waals surface area contributed by atoms with Crippen LogP contribution in [0.2, 0.25) is 0 Å². The predicted molar refractivity (Wildman–Crippen MR) is 98.8 cm³/mol. The molecule has 25 heavy (non-hydrogen) atoms. The van der Waals surface area contributed by atoms with Crippen LogP contribution in [-0.2, 0) is 22.7 Å². The topological polar surface area (TPSA) is 34.1 Å². The molecule has 0 saturated carbocycles. The van der Waals surface area contributed by atoms with Gasteiger partial charge in [-0.1, -0.05) is 48.5 Å². The maximum Gasteiger partial charge on any atom is 0.175 e. The molecule has 3 rings (SSSR count). The zero-order valence-electron chi connectivity index (χ0n) is 13.9. The fraction of sp³-hybridized carbons (Fsp3) is 0.143. The molecule has 0 atom stereocenters. The van der Waals surface area contributed by atoms with Crippen molar-refractivity contribution in [3.63, 3.8) is 0 Å². The Morgan fingerprint density at radius 1 is 0.840 bits per heavy atom. The normalized spacial score (nSPS) is 11.4. The first-order valence-corrected chi connectivity index (χ1v) is 9.95. The Labute approximate surface area is 147 Å². The number of benzene rings is 3. The number of aryl methyl sites for hydroxylation is 2. The Morgan fingerprint density at radius 3 is 2.24 bits per heavy atom. The molecule has 2 nitrogen and oxygen atoms in total. The van der Waals surface area contributed by atoms with Gasteiger partial charge in [-0.3, -0.25) is 0 Å². The van der Waals surface area contributed by atoms with Crippen molar-refractivity contribution in [1.29, 1.82) is 0 Å². The van der Waals surface area contributed by atoms with Crippen molar-refractivity contribution >= 4 is 9.84 Å². The Hall–Kier alpha value is -2.46. The van der Waals surface area contributed by atoms with Gasteiger partial charge in [-0.25, -0.2) is 12.8 Å². The minimum Gasteiger partial charge on any atom is -0.224 e. The van der Waals surface area contributed by atoms with Crippen LogP contribution in [0.3, 0.4) is 0 Å². The summed E-state index contributed by atoms with van der Waals surface area (Å²) in [5.41, 5.74) is 4.10. The summed E-state index contributed by atoms with van der Waals surface area (Å²) < 4.78 is 36.6. The predicted octanol–water partition coefficient (Wildman–Crippen LogP) is 4.68. The standard InChI is InChI=1S/C21H19FO2S/c1-25(23,24)20-13-10-16(11-14-20)9-12-17-5-2-3-8-21(17)18-6-4-7-19(22)15-18/h2-8,10-11,13-15H,9,12H2,1H3. The summed E-state index contributed by atoms with van der Waals surface area (Å²) in [7, 11) is -3.17. The molecular weight excluding hydrogens is 335 g/mol. The number of hydrogen-bond donors (Lipinski definition) is 0. The van der Waals surface area contributed by atoms with E-state index in [0.29, 0.717) is 4.90 Å². The van der Waals surface area contributed by atoms with Gasteiger partial charge in [-0.05, 0) is 59.4 Å². The summed E-state index contributed by atoms with van der Waals surface area (Å²) in [6.07, 6.45) is 2.79. The lowest BCUT2D eigenvalue weighted by molar-refractivity contribution is 0.602. The quantitative estimate of drug-likeness (QED) is 0.667. The SMILES string of the molecule is CS(=O)(=O)c1ccc(CCc2ccccc2-c2cccc(F)c2)cc1. The molecule has 4 heteroatoms. The molecule has 0 unspecified atom stereocenters. The molecule has 3 aromatic rings. The molecule has 0 aromatic heterocycles. The van der Waals surface area contributed by atoms with Crippen LogP contribution in [0.5, 0.6) is 0 Å². The maximum atomic E-state index is 13.5. The first-order chi connectivity index (χ1) is 11.9. The zero-order valence-corrected chi connectivity index (χ0v) is 14.8. The number of hydrogen-bond acceptors (Lipinski definition) is 2. The van der Waals surface area contributed by atoms with Crippen molar-refractivity contribution in [3.8, 4) is 11.1 Å². The average Bonchev–Trinajstić information content (AvgIpc) is 2.60. The Kier molecular flexibility index (Phi) is 5.00. The van der Waals surface area contributed by atoms with Crippen LogP contribution in [-0.4, -0.2) is 14.7 Å². The summed E-state index contributed by atoms with van der Waals surface area (Å²) in [5.74, 6) is -0.247. The van der Waals surface area contributed by atoms with E-state index in [1.165, 1.54) is 12.3 Å². The van der Waals surface area contributed by atoms with Gasteiger partial charge in [0.15, 0.2) is 9.84 Å². The molecule has 0 saturated heterocycles. The van der Waals surface area contributed by atoms with Crippen molar-refractivity contribution in [1.82, 2.24) is 0 Å². The fourth-order valence-electron chi connectivity index (χ4n) is 2.86. The smallest absolute Gasteiger partial charge is 0.175 e. The minimum absolute atomic E-state index is 0.247. The van der Waals surface area contributed by atoms with E-state index in [4.69, 9.17) is 0 Å². The van der Waals surface area contributed by atoms with Crippen molar-refractivity contribution < 1.29 is 12.8 Å². The molecule has 3 aromatic carbocycles. The van der Waals surface area contributed by atoms with Crippen LogP contribution in [0.4, 0.5) is 4.39 Å². The van der Waals surface area contributed by atoms with Gasteiger partial charge in [0.05, 0.1) is 4.90 Å². The van der Waals surface area contributed by atoms with Crippen molar-refractivity contribution in [3.05, 3.63) is 89.7 Å². The lowest BCUT2D eigenvalue weighted by Gasteiger charge is -2.10. The summed E-state index contributed by atoms with van der Waals surface area (Å²) in [5, 5.41) is 0. The number of rotatable bonds is 5. The Balaban J connectivity index is 1.80. The fourth-order valence-corrected chi connectivity index (χ4v) is 3.49. The highest BCUT2D eigenvalue weighted by Crippen LogP contribution is 2.25. The second-order valence-electron chi connectivity index (χ2n) is 6.08. The summed E-state index contributed by atoms with van der Waals surface area (Å²) in [6, 6.07) is 21.6. The van der Waals surface area contributed by atoms with Crippen LogP contribution in [0.25, 0.3) is 11.1 Å². The molecule has 0 bridgehead atoms. The molecule has 0 radical (unpaired) electrons. The van der Waals surface area contributed by atoms with E-state index in [1.807, 2.05) is 42.5 Å². The molecule has 0 amide bonds. The van der Waals surface area contributed by atoms with E-state index in [-0.39, 0.29) is 5.82 Å². The second kappa shape index (κ2) is 7.19. The lowest BCUT2D eigenvalue weighted by Crippen LogP contribution is -1.98. The van der Waals surface area contributed by atoms with E-state index in [1.54, 1.807) is 24.3 Å². The third-order valence-electron chi connectivity index (χ3n) is 4.19. The molecular formula is C21H19FO2S. The van der Waals surface area contributed by atoms with Crippen molar-refractivity contribution in [2.24, 2.45) is 0 Å². The first kappa shape index (κ1) is 17.4. The zero-order chi connectivity index (χ0) is 17.9. The molecule has 0 fully saturated rings. The van der Waals surface area contributed by atoms with Gasteiger partial charge in [0.2, 0.25) is 0 Å². The molecule has 128 valence electrons. The largest absolute Gasteiger partial charge is 0.224 e. The van der Waals surface area contributed by atoms with E-state index in [0.717, 1.165) is 35.1 Å². The lowest BCUT2D eigenvalue weighted by atomic mass is 9.95. The minimum atomic E-state index is -3.17. The van der Waals surface area contributed by atoms with Crippen LogP contribution in [0.15, 0.2) is 77.7 Å². The molecule has 0 N–H and O–H groups in total.